The summed E-state index contributed by atoms with van der Waals surface area (Å²) in [6.07, 6.45) is 1.09. The molecule has 9 nitrogen and oxygen atoms in total. The van der Waals surface area contributed by atoms with E-state index in [2.05, 4.69) is 15.0 Å². The van der Waals surface area contributed by atoms with Gasteiger partial charge < -0.3 is 10.1 Å². The molecule has 0 fully saturated rings. The normalized spacial score (nSPS) is 12.0. The number of rotatable bonds is 6. The SMILES string of the molecule is COc1ccc(NC(C)=O)cc1S(=O)(=O)Nc1nc2ccc(S(C)(=O)=O)cc2s1. The third-order valence-corrected chi connectivity index (χ3v) is 7.32. The maximum atomic E-state index is 12.9. The van der Waals surface area contributed by atoms with Gasteiger partial charge in [0.15, 0.2) is 15.0 Å². The van der Waals surface area contributed by atoms with Gasteiger partial charge in [0.05, 0.1) is 22.2 Å². The number of nitrogens with zero attached hydrogens (tertiary/aromatic N) is 1. The summed E-state index contributed by atoms with van der Waals surface area (Å²) in [6.45, 7) is 1.31. The van der Waals surface area contributed by atoms with Gasteiger partial charge in [-0.05, 0) is 36.4 Å². The van der Waals surface area contributed by atoms with E-state index in [0.717, 1.165) is 17.6 Å². The predicted octanol–water partition coefficient (Wildman–Crippen LogP) is 2.47. The Morgan fingerprint density at radius 3 is 2.45 bits per heavy atom. The van der Waals surface area contributed by atoms with Crippen molar-refractivity contribution in [2.24, 2.45) is 0 Å². The maximum Gasteiger partial charge on any atom is 0.267 e. The highest BCUT2D eigenvalue weighted by Gasteiger charge is 2.22. The zero-order valence-corrected chi connectivity index (χ0v) is 18.0. The number of ether oxygens (including phenoxy) is 1. The summed E-state index contributed by atoms with van der Waals surface area (Å²) in [5.74, 6) is -0.258. The molecule has 29 heavy (non-hydrogen) atoms. The Balaban J connectivity index is 2.00. The highest BCUT2D eigenvalue weighted by atomic mass is 32.2. The van der Waals surface area contributed by atoms with Gasteiger partial charge >= 0.3 is 0 Å². The Morgan fingerprint density at radius 2 is 1.83 bits per heavy atom. The largest absolute Gasteiger partial charge is 0.495 e. The van der Waals surface area contributed by atoms with Gasteiger partial charge in [-0.2, -0.15) is 0 Å². The Morgan fingerprint density at radius 1 is 1.10 bits per heavy atom. The molecule has 0 saturated heterocycles. The van der Waals surface area contributed by atoms with Gasteiger partial charge in [0.1, 0.15) is 10.6 Å². The van der Waals surface area contributed by atoms with Crippen LogP contribution in [-0.2, 0) is 24.7 Å². The molecule has 3 aromatic rings. The molecule has 0 bridgehead atoms. The van der Waals surface area contributed by atoms with E-state index in [1.54, 1.807) is 0 Å². The van der Waals surface area contributed by atoms with Crippen LogP contribution in [0.25, 0.3) is 10.2 Å². The molecule has 0 saturated carbocycles. The number of methoxy groups -OCH3 is 1. The van der Waals surface area contributed by atoms with E-state index in [4.69, 9.17) is 4.74 Å². The lowest BCUT2D eigenvalue weighted by Gasteiger charge is -2.12. The molecular weight excluding hydrogens is 438 g/mol. The van der Waals surface area contributed by atoms with Crippen molar-refractivity contribution in [1.29, 1.82) is 0 Å². The number of amides is 1. The summed E-state index contributed by atoms with van der Waals surface area (Å²) < 4.78 is 57.2. The number of fused-ring (bicyclic) bond motifs is 1. The summed E-state index contributed by atoms with van der Waals surface area (Å²) in [7, 11) is -6.16. The first kappa shape index (κ1) is 21.0. The molecule has 1 aromatic heterocycles. The van der Waals surface area contributed by atoms with Crippen molar-refractivity contribution in [1.82, 2.24) is 4.98 Å². The first-order chi connectivity index (χ1) is 13.5. The number of thiazole rings is 1. The molecule has 1 amide bonds. The lowest BCUT2D eigenvalue weighted by atomic mass is 10.3. The number of carbonyl (C=O) groups excluding carboxylic acids is 1. The fourth-order valence-corrected chi connectivity index (χ4v) is 5.57. The van der Waals surface area contributed by atoms with Gasteiger partial charge in [0, 0.05) is 18.9 Å². The molecule has 0 radical (unpaired) electrons. The zero-order valence-electron chi connectivity index (χ0n) is 15.6. The molecule has 0 aliphatic carbocycles. The van der Waals surface area contributed by atoms with Gasteiger partial charge in [0.2, 0.25) is 5.91 Å². The van der Waals surface area contributed by atoms with E-state index in [1.807, 2.05) is 0 Å². The highest BCUT2D eigenvalue weighted by molar-refractivity contribution is 7.93. The summed E-state index contributed by atoms with van der Waals surface area (Å²) in [4.78, 5) is 15.4. The number of sulfonamides is 1. The van der Waals surface area contributed by atoms with Crippen LogP contribution in [-0.4, -0.2) is 41.1 Å². The van der Waals surface area contributed by atoms with Crippen LogP contribution < -0.4 is 14.8 Å². The van der Waals surface area contributed by atoms with E-state index < -0.39 is 19.9 Å². The quantitative estimate of drug-likeness (QED) is 0.583. The maximum absolute atomic E-state index is 12.9. The standard InChI is InChI=1S/C17H17N3O6S3/c1-10(21)18-11-4-7-14(26-2)16(8-11)29(24,25)20-17-19-13-6-5-12(28(3,22)23)9-15(13)27-17/h4-9H,1-3H3,(H,18,21)(H,19,20). The molecule has 12 heteroatoms. The van der Waals surface area contributed by atoms with Crippen molar-refractivity contribution in [3.63, 3.8) is 0 Å². The molecule has 3 rings (SSSR count). The molecule has 0 atom stereocenters. The minimum absolute atomic E-state index is 0.0673. The fraction of sp³-hybridized carbons (Fsp3) is 0.176. The van der Waals surface area contributed by atoms with Crippen molar-refractivity contribution >= 4 is 58.1 Å². The molecule has 0 aliphatic rings. The lowest BCUT2D eigenvalue weighted by Crippen LogP contribution is -2.15. The van der Waals surface area contributed by atoms with E-state index in [0.29, 0.717) is 15.9 Å². The number of hydrogen-bond donors (Lipinski definition) is 2. The van der Waals surface area contributed by atoms with E-state index in [-0.39, 0.29) is 26.6 Å². The van der Waals surface area contributed by atoms with Gasteiger partial charge in [-0.1, -0.05) is 11.3 Å². The third kappa shape index (κ3) is 4.66. The van der Waals surface area contributed by atoms with Crippen LogP contribution in [0.5, 0.6) is 5.75 Å². The second kappa shape index (κ2) is 7.61. The Labute approximate surface area is 171 Å². The molecular formula is C17H17N3O6S3. The Hall–Kier alpha value is -2.70. The Kier molecular flexibility index (Phi) is 5.52. The monoisotopic (exact) mass is 455 g/mol. The van der Waals surface area contributed by atoms with Crippen LogP contribution in [0.1, 0.15) is 6.92 Å². The van der Waals surface area contributed by atoms with Crippen LogP contribution in [0, 0.1) is 0 Å². The lowest BCUT2D eigenvalue weighted by molar-refractivity contribution is -0.114. The van der Waals surface area contributed by atoms with Crippen LogP contribution in [0.3, 0.4) is 0 Å². The van der Waals surface area contributed by atoms with Crippen LogP contribution >= 0.6 is 11.3 Å². The minimum Gasteiger partial charge on any atom is -0.495 e. The van der Waals surface area contributed by atoms with Crippen molar-refractivity contribution < 1.29 is 26.4 Å². The average molecular weight is 456 g/mol. The van der Waals surface area contributed by atoms with Crippen LogP contribution in [0.4, 0.5) is 10.8 Å². The molecule has 154 valence electrons. The Bertz CT molecular complexity index is 1310. The molecule has 2 N–H and O–H groups in total. The predicted molar refractivity (Wildman–Crippen MR) is 111 cm³/mol. The van der Waals surface area contributed by atoms with Crippen LogP contribution in [0.15, 0.2) is 46.2 Å². The molecule has 1 heterocycles. The summed E-state index contributed by atoms with van der Waals surface area (Å²) in [5.41, 5.74) is 0.750. The second-order valence-electron chi connectivity index (χ2n) is 6.07. The summed E-state index contributed by atoms with van der Waals surface area (Å²) in [6, 6.07) is 8.59. The van der Waals surface area contributed by atoms with E-state index in [9.17, 15) is 21.6 Å². The molecule has 2 aromatic carbocycles. The number of carbonyl (C=O) groups is 1. The van der Waals surface area contributed by atoms with Crippen molar-refractivity contribution in [3.8, 4) is 5.75 Å². The molecule has 0 unspecified atom stereocenters. The number of anilines is 2. The van der Waals surface area contributed by atoms with E-state index in [1.165, 1.54) is 50.4 Å². The minimum atomic E-state index is -4.10. The number of aromatic nitrogens is 1. The number of sulfone groups is 1. The summed E-state index contributed by atoms with van der Waals surface area (Å²) >= 11 is 1.00. The number of nitrogens with one attached hydrogen (secondary N) is 2. The average Bonchev–Trinajstić information content (AvgIpc) is 3.01. The highest BCUT2D eigenvalue weighted by Crippen LogP contribution is 2.32. The van der Waals surface area contributed by atoms with Crippen molar-refractivity contribution in [2.45, 2.75) is 16.7 Å². The summed E-state index contributed by atoms with van der Waals surface area (Å²) in [5, 5.41) is 2.58. The molecule has 0 aliphatic heterocycles. The van der Waals surface area contributed by atoms with Crippen molar-refractivity contribution in [2.75, 3.05) is 23.4 Å². The van der Waals surface area contributed by atoms with Gasteiger partial charge in [-0.3, -0.25) is 9.52 Å². The van der Waals surface area contributed by atoms with Gasteiger partial charge in [-0.15, -0.1) is 0 Å². The first-order valence-electron chi connectivity index (χ1n) is 8.09. The number of benzene rings is 2. The molecule has 0 spiro atoms. The van der Waals surface area contributed by atoms with E-state index >= 15 is 0 Å². The second-order valence-corrected chi connectivity index (χ2v) is 10.8. The van der Waals surface area contributed by atoms with Crippen LogP contribution in [0.2, 0.25) is 0 Å². The van der Waals surface area contributed by atoms with Gasteiger partial charge in [-0.25, -0.2) is 21.8 Å². The first-order valence-corrected chi connectivity index (χ1v) is 12.3. The third-order valence-electron chi connectivity index (χ3n) is 3.78. The van der Waals surface area contributed by atoms with Gasteiger partial charge in [0.25, 0.3) is 10.0 Å². The van der Waals surface area contributed by atoms with Crippen molar-refractivity contribution in [3.05, 3.63) is 36.4 Å². The smallest absolute Gasteiger partial charge is 0.267 e. The fourth-order valence-electron chi connectivity index (χ4n) is 2.52. The number of hydrogen-bond acceptors (Lipinski definition) is 8. The zero-order chi connectivity index (χ0) is 21.4. The topological polar surface area (TPSA) is 132 Å².